The number of hydrogen-bond acceptors (Lipinski definition) is 4. The smallest absolute Gasteiger partial charge is 0.308 e. The molecule has 1 aliphatic heterocycles. The molecule has 27 heavy (non-hydrogen) atoms. The molecule has 0 spiro atoms. The van der Waals surface area contributed by atoms with Crippen LogP contribution in [0.3, 0.4) is 0 Å². The summed E-state index contributed by atoms with van der Waals surface area (Å²) in [5, 5.41) is 9.08. The summed E-state index contributed by atoms with van der Waals surface area (Å²) >= 11 is 0. The highest BCUT2D eigenvalue weighted by molar-refractivity contribution is 5.86. The van der Waals surface area contributed by atoms with E-state index in [2.05, 4.69) is 12.1 Å². The van der Waals surface area contributed by atoms with Crippen molar-refractivity contribution in [3.63, 3.8) is 0 Å². The van der Waals surface area contributed by atoms with Crippen molar-refractivity contribution in [1.29, 1.82) is 0 Å². The molecule has 0 aliphatic carbocycles. The van der Waals surface area contributed by atoms with E-state index in [-0.39, 0.29) is 18.9 Å². The van der Waals surface area contributed by atoms with Crippen molar-refractivity contribution in [2.45, 2.75) is 19.4 Å². The van der Waals surface area contributed by atoms with Crippen molar-refractivity contribution in [2.75, 3.05) is 20.3 Å². The number of carbonyl (C=O) groups excluding carboxylic acids is 1. The molecule has 2 aromatic rings. The summed E-state index contributed by atoms with van der Waals surface area (Å²) < 4.78 is 11.3. The number of hydrogen-bond donors (Lipinski definition) is 1. The molecule has 1 saturated heterocycles. The lowest BCUT2D eigenvalue weighted by Gasteiger charge is -2.18. The molecule has 0 saturated carbocycles. The summed E-state index contributed by atoms with van der Waals surface area (Å²) in [4.78, 5) is 24.6. The summed E-state index contributed by atoms with van der Waals surface area (Å²) in [6, 6.07) is 15.6. The highest BCUT2D eigenvalue weighted by atomic mass is 16.5. The van der Waals surface area contributed by atoms with Gasteiger partial charge in [0.25, 0.3) is 0 Å². The van der Waals surface area contributed by atoms with Crippen LogP contribution in [0.1, 0.15) is 17.5 Å². The van der Waals surface area contributed by atoms with Gasteiger partial charge in [-0.05, 0) is 23.3 Å². The van der Waals surface area contributed by atoms with E-state index < -0.39 is 11.9 Å². The third-order valence-corrected chi connectivity index (χ3v) is 4.66. The van der Waals surface area contributed by atoms with Crippen LogP contribution in [0.4, 0.5) is 0 Å². The molecule has 1 fully saturated rings. The van der Waals surface area contributed by atoms with Gasteiger partial charge in [-0.15, -0.1) is 0 Å². The van der Waals surface area contributed by atoms with Gasteiger partial charge in [-0.25, -0.2) is 0 Å². The number of nitrogens with zero attached hydrogens (tertiary/aromatic N) is 1. The van der Waals surface area contributed by atoms with E-state index in [0.29, 0.717) is 24.7 Å². The number of amides is 1. The van der Waals surface area contributed by atoms with Crippen LogP contribution < -0.4 is 9.47 Å². The van der Waals surface area contributed by atoms with Crippen molar-refractivity contribution in [1.82, 2.24) is 4.90 Å². The van der Waals surface area contributed by atoms with Gasteiger partial charge >= 0.3 is 5.97 Å². The minimum absolute atomic E-state index is 0.0626. The Morgan fingerprint density at radius 2 is 1.93 bits per heavy atom. The summed E-state index contributed by atoms with van der Waals surface area (Å²) in [5.74, 6) is -0.439. The number of rotatable bonds is 8. The second kappa shape index (κ2) is 8.58. The molecule has 6 nitrogen and oxygen atoms in total. The van der Waals surface area contributed by atoms with Crippen LogP contribution in [0.25, 0.3) is 0 Å². The summed E-state index contributed by atoms with van der Waals surface area (Å²) in [6.07, 6.45) is 0.859. The Morgan fingerprint density at radius 3 is 2.59 bits per heavy atom. The second-order valence-electron chi connectivity index (χ2n) is 6.58. The number of ether oxygens (including phenoxy) is 2. The SMILES string of the molecule is COc1cc(CN2C[C@@H](C(=O)O)CC2=O)ccc1OCCc1ccccc1. The fraction of sp³-hybridized carbons (Fsp3) is 0.333. The normalized spacial score (nSPS) is 16.4. The van der Waals surface area contributed by atoms with Crippen molar-refractivity contribution >= 4 is 11.9 Å². The van der Waals surface area contributed by atoms with Gasteiger partial charge in [0.15, 0.2) is 11.5 Å². The van der Waals surface area contributed by atoms with Gasteiger partial charge in [-0.3, -0.25) is 9.59 Å². The summed E-state index contributed by atoms with van der Waals surface area (Å²) in [5.41, 5.74) is 2.08. The number of benzene rings is 2. The largest absolute Gasteiger partial charge is 0.493 e. The van der Waals surface area contributed by atoms with Gasteiger partial charge in [-0.2, -0.15) is 0 Å². The first-order chi connectivity index (χ1) is 13.1. The second-order valence-corrected chi connectivity index (χ2v) is 6.58. The van der Waals surface area contributed by atoms with E-state index in [1.54, 1.807) is 12.0 Å². The van der Waals surface area contributed by atoms with E-state index >= 15 is 0 Å². The average Bonchev–Trinajstić information content (AvgIpc) is 3.04. The van der Waals surface area contributed by atoms with Crippen LogP contribution in [-0.4, -0.2) is 42.1 Å². The van der Waals surface area contributed by atoms with E-state index in [1.807, 2.05) is 36.4 Å². The predicted octanol–water partition coefficient (Wildman–Crippen LogP) is 2.75. The van der Waals surface area contributed by atoms with Gasteiger partial charge in [-0.1, -0.05) is 36.4 Å². The van der Waals surface area contributed by atoms with Gasteiger partial charge < -0.3 is 19.5 Å². The maximum atomic E-state index is 12.0. The van der Waals surface area contributed by atoms with Crippen LogP contribution >= 0.6 is 0 Å². The number of likely N-dealkylation sites (tertiary alicyclic amines) is 1. The van der Waals surface area contributed by atoms with E-state index in [1.165, 1.54) is 5.56 Å². The molecule has 0 unspecified atom stereocenters. The van der Waals surface area contributed by atoms with Crippen LogP contribution in [0, 0.1) is 5.92 Å². The lowest BCUT2D eigenvalue weighted by molar-refractivity contribution is -0.141. The Bertz CT molecular complexity index is 805. The Morgan fingerprint density at radius 1 is 1.15 bits per heavy atom. The highest BCUT2D eigenvalue weighted by Gasteiger charge is 2.34. The zero-order valence-corrected chi connectivity index (χ0v) is 15.3. The zero-order chi connectivity index (χ0) is 19.2. The first kappa shape index (κ1) is 18.8. The fourth-order valence-electron chi connectivity index (χ4n) is 3.16. The maximum Gasteiger partial charge on any atom is 0.308 e. The van der Waals surface area contributed by atoms with Gasteiger partial charge in [0, 0.05) is 25.9 Å². The molecule has 6 heteroatoms. The molecule has 0 bridgehead atoms. The van der Waals surface area contributed by atoms with Crippen molar-refractivity contribution in [2.24, 2.45) is 5.92 Å². The number of aliphatic carboxylic acids is 1. The first-order valence-corrected chi connectivity index (χ1v) is 8.91. The lowest BCUT2D eigenvalue weighted by atomic mass is 10.1. The number of carbonyl (C=O) groups is 2. The van der Waals surface area contributed by atoms with Crippen LogP contribution in [-0.2, 0) is 22.6 Å². The number of carboxylic acid groups (broad SMARTS) is 1. The molecule has 1 N–H and O–H groups in total. The van der Waals surface area contributed by atoms with Crippen LogP contribution in [0.5, 0.6) is 11.5 Å². The lowest BCUT2D eigenvalue weighted by Crippen LogP contribution is -2.25. The molecule has 2 aromatic carbocycles. The third-order valence-electron chi connectivity index (χ3n) is 4.66. The zero-order valence-electron chi connectivity index (χ0n) is 15.3. The first-order valence-electron chi connectivity index (χ1n) is 8.91. The Kier molecular flexibility index (Phi) is 5.96. The van der Waals surface area contributed by atoms with Crippen LogP contribution in [0.15, 0.2) is 48.5 Å². The minimum atomic E-state index is -0.925. The van der Waals surface area contributed by atoms with Crippen molar-refractivity contribution in [3.8, 4) is 11.5 Å². The molecule has 1 amide bonds. The standard InChI is InChI=1S/C21H23NO5/c1-26-19-11-16(13-22-14-17(21(24)25)12-20(22)23)7-8-18(19)27-10-9-15-5-3-2-4-6-15/h2-8,11,17H,9-10,12-14H2,1H3,(H,24,25)/t17-/m0/s1. The van der Waals surface area contributed by atoms with Gasteiger partial charge in [0.2, 0.25) is 5.91 Å². The average molecular weight is 369 g/mol. The highest BCUT2D eigenvalue weighted by Crippen LogP contribution is 2.30. The molecule has 0 radical (unpaired) electrons. The summed E-state index contributed by atoms with van der Waals surface area (Å²) in [7, 11) is 1.57. The number of methoxy groups -OCH3 is 1. The van der Waals surface area contributed by atoms with Crippen molar-refractivity contribution in [3.05, 3.63) is 59.7 Å². The fourth-order valence-corrected chi connectivity index (χ4v) is 3.16. The minimum Gasteiger partial charge on any atom is -0.493 e. The molecule has 142 valence electrons. The van der Waals surface area contributed by atoms with E-state index in [0.717, 1.165) is 12.0 Å². The summed E-state index contributed by atoms with van der Waals surface area (Å²) in [6.45, 7) is 1.14. The third kappa shape index (κ3) is 4.78. The molecule has 3 rings (SSSR count). The maximum absolute atomic E-state index is 12.0. The van der Waals surface area contributed by atoms with Crippen molar-refractivity contribution < 1.29 is 24.2 Å². The monoisotopic (exact) mass is 369 g/mol. The Labute approximate surface area is 158 Å². The van der Waals surface area contributed by atoms with E-state index in [4.69, 9.17) is 14.6 Å². The number of carboxylic acids is 1. The molecule has 0 aromatic heterocycles. The van der Waals surface area contributed by atoms with E-state index in [9.17, 15) is 9.59 Å². The Balaban J connectivity index is 1.60. The van der Waals surface area contributed by atoms with Gasteiger partial charge in [0.1, 0.15) is 0 Å². The molecule has 1 heterocycles. The predicted molar refractivity (Wildman–Crippen MR) is 99.8 cm³/mol. The Hall–Kier alpha value is -3.02. The molecule has 1 aliphatic rings. The molecule has 1 atom stereocenters. The molecular formula is C21H23NO5. The van der Waals surface area contributed by atoms with Gasteiger partial charge in [0.05, 0.1) is 19.6 Å². The quantitative estimate of drug-likeness (QED) is 0.774. The molecular weight excluding hydrogens is 346 g/mol. The van der Waals surface area contributed by atoms with Crippen LogP contribution in [0.2, 0.25) is 0 Å². The topological polar surface area (TPSA) is 76.1 Å².